The van der Waals surface area contributed by atoms with Crippen molar-refractivity contribution < 1.29 is 4.74 Å². The molecule has 1 atom stereocenters. The molecule has 2 aromatic rings. The van der Waals surface area contributed by atoms with E-state index in [4.69, 9.17) is 10.5 Å². The van der Waals surface area contributed by atoms with Crippen molar-refractivity contribution in [1.82, 2.24) is 15.0 Å². The van der Waals surface area contributed by atoms with Crippen LogP contribution >= 0.6 is 11.3 Å². The van der Waals surface area contributed by atoms with E-state index in [-0.39, 0.29) is 0 Å². The largest absolute Gasteiger partial charge is 0.381 e. The molecule has 22 heavy (non-hydrogen) atoms. The van der Waals surface area contributed by atoms with Crippen molar-refractivity contribution in [1.29, 1.82) is 0 Å². The molecule has 0 aromatic carbocycles. The van der Waals surface area contributed by atoms with Gasteiger partial charge in [-0.25, -0.2) is 9.97 Å². The first kappa shape index (κ1) is 15.2. The van der Waals surface area contributed by atoms with Crippen LogP contribution < -0.4 is 11.1 Å². The average Bonchev–Trinajstić information content (AvgIpc) is 3.15. The lowest BCUT2D eigenvalue weighted by atomic mass is 10.0. The zero-order valence-corrected chi connectivity index (χ0v) is 13.5. The second kappa shape index (κ2) is 7.02. The molecule has 0 radical (unpaired) electrons. The van der Waals surface area contributed by atoms with Crippen molar-refractivity contribution in [2.45, 2.75) is 32.1 Å². The summed E-state index contributed by atoms with van der Waals surface area (Å²) in [5, 5.41) is 3.34. The van der Waals surface area contributed by atoms with Gasteiger partial charge >= 0.3 is 0 Å². The molecule has 118 valence electrons. The van der Waals surface area contributed by atoms with Gasteiger partial charge < -0.3 is 15.8 Å². The highest BCUT2D eigenvalue weighted by molar-refractivity contribution is 7.09. The molecule has 2 aromatic heterocycles. The summed E-state index contributed by atoms with van der Waals surface area (Å²) in [7, 11) is 0. The van der Waals surface area contributed by atoms with Crippen molar-refractivity contribution in [3.63, 3.8) is 0 Å². The van der Waals surface area contributed by atoms with Gasteiger partial charge in [0.2, 0.25) is 5.95 Å². The standard InChI is InChI=1S/C15H21N5OS/c1-10-13(22-9-18-10)3-2-5-17-14-7-12(19-15(16)20-14)11-4-6-21-8-11/h7,9,11H,2-6,8H2,1H3,(H3,16,17,19,20). The third-order valence-corrected chi connectivity index (χ3v) is 4.84. The third-order valence-electron chi connectivity index (χ3n) is 3.84. The molecule has 1 aliphatic rings. The van der Waals surface area contributed by atoms with Gasteiger partial charge in [-0.2, -0.15) is 4.98 Å². The molecule has 7 heteroatoms. The van der Waals surface area contributed by atoms with Gasteiger partial charge in [0.05, 0.1) is 23.5 Å². The van der Waals surface area contributed by atoms with Crippen LogP contribution in [0.3, 0.4) is 0 Å². The van der Waals surface area contributed by atoms with Crippen molar-refractivity contribution in [3.8, 4) is 0 Å². The van der Waals surface area contributed by atoms with Crippen molar-refractivity contribution in [2.24, 2.45) is 0 Å². The van der Waals surface area contributed by atoms with E-state index in [1.165, 1.54) is 4.88 Å². The highest BCUT2D eigenvalue weighted by Gasteiger charge is 2.20. The predicted octanol–water partition coefficient (Wildman–Crippen LogP) is 2.37. The van der Waals surface area contributed by atoms with Gasteiger partial charge in [0, 0.05) is 30.0 Å². The fourth-order valence-corrected chi connectivity index (χ4v) is 3.41. The normalized spacial score (nSPS) is 17.8. The Labute approximate surface area is 134 Å². The molecule has 0 spiro atoms. The molecule has 3 N–H and O–H groups in total. The first-order chi connectivity index (χ1) is 10.7. The van der Waals surface area contributed by atoms with Crippen LogP contribution in [-0.4, -0.2) is 34.7 Å². The van der Waals surface area contributed by atoms with E-state index in [0.29, 0.717) is 11.9 Å². The van der Waals surface area contributed by atoms with Crippen molar-refractivity contribution in [3.05, 3.63) is 27.8 Å². The molecular formula is C15H21N5OS. The van der Waals surface area contributed by atoms with E-state index < -0.39 is 0 Å². The Morgan fingerprint density at radius 3 is 3.09 bits per heavy atom. The lowest BCUT2D eigenvalue weighted by molar-refractivity contribution is 0.193. The molecule has 0 amide bonds. The zero-order chi connectivity index (χ0) is 15.4. The Hall–Kier alpha value is -1.73. The summed E-state index contributed by atoms with van der Waals surface area (Å²) in [5.41, 5.74) is 9.84. The molecule has 0 aliphatic carbocycles. The second-order valence-electron chi connectivity index (χ2n) is 5.49. The molecule has 1 saturated heterocycles. The predicted molar refractivity (Wildman–Crippen MR) is 88.3 cm³/mol. The van der Waals surface area contributed by atoms with Gasteiger partial charge in [-0.05, 0) is 26.2 Å². The number of rotatable bonds is 6. The molecule has 0 saturated carbocycles. The van der Waals surface area contributed by atoms with Crippen molar-refractivity contribution >= 4 is 23.1 Å². The second-order valence-corrected chi connectivity index (χ2v) is 6.43. The minimum absolute atomic E-state index is 0.324. The Morgan fingerprint density at radius 2 is 2.36 bits per heavy atom. The molecular weight excluding hydrogens is 298 g/mol. The fraction of sp³-hybridized carbons (Fsp3) is 0.533. The Kier molecular flexibility index (Phi) is 4.84. The van der Waals surface area contributed by atoms with Gasteiger partial charge in [0.1, 0.15) is 5.82 Å². The maximum atomic E-state index is 5.82. The van der Waals surface area contributed by atoms with E-state index >= 15 is 0 Å². The van der Waals surface area contributed by atoms with Crippen LogP contribution in [0.25, 0.3) is 0 Å². The lowest BCUT2D eigenvalue weighted by Gasteiger charge is -2.11. The van der Waals surface area contributed by atoms with Crippen LogP contribution in [-0.2, 0) is 11.2 Å². The molecule has 1 unspecified atom stereocenters. The zero-order valence-electron chi connectivity index (χ0n) is 12.7. The van der Waals surface area contributed by atoms with Gasteiger partial charge in [-0.1, -0.05) is 0 Å². The van der Waals surface area contributed by atoms with Gasteiger partial charge in [0.15, 0.2) is 0 Å². The third kappa shape index (κ3) is 3.72. The number of thiazole rings is 1. The number of ether oxygens (including phenoxy) is 1. The van der Waals surface area contributed by atoms with Crippen LogP contribution in [0.4, 0.5) is 11.8 Å². The lowest BCUT2D eigenvalue weighted by Crippen LogP contribution is -2.10. The van der Waals surface area contributed by atoms with E-state index in [9.17, 15) is 0 Å². The number of aromatic nitrogens is 3. The molecule has 1 aliphatic heterocycles. The Morgan fingerprint density at radius 1 is 1.45 bits per heavy atom. The van der Waals surface area contributed by atoms with E-state index in [1.54, 1.807) is 11.3 Å². The average molecular weight is 319 g/mol. The number of aryl methyl sites for hydroxylation is 2. The van der Waals surface area contributed by atoms with Crippen LogP contribution in [0.5, 0.6) is 0 Å². The number of anilines is 2. The highest BCUT2D eigenvalue weighted by atomic mass is 32.1. The van der Waals surface area contributed by atoms with Crippen LogP contribution in [0, 0.1) is 6.92 Å². The number of nitrogens with two attached hydrogens (primary N) is 1. The number of nitrogens with zero attached hydrogens (tertiary/aromatic N) is 3. The number of nitrogen functional groups attached to an aromatic ring is 1. The summed E-state index contributed by atoms with van der Waals surface area (Å²) in [5.74, 6) is 1.46. The topological polar surface area (TPSA) is 86.0 Å². The quantitative estimate of drug-likeness (QED) is 0.795. The first-order valence-corrected chi connectivity index (χ1v) is 8.45. The van der Waals surface area contributed by atoms with Gasteiger partial charge in [-0.15, -0.1) is 11.3 Å². The monoisotopic (exact) mass is 319 g/mol. The molecule has 3 heterocycles. The van der Waals surface area contributed by atoms with Crippen LogP contribution in [0.15, 0.2) is 11.6 Å². The van der Waals surface area contributed by atoms with E-state index in [2.05, 4.69) is 27.2 Å². The summed E-state index contributed by atoms with van der Waals surface area (Å²) in [6.45, 7) is 4.43. The highest BCUT2D eigenvalue weighted by Crippen LogP contribution is 2.25. The smallest absolute Gasteiger partial charge is 0.222 e. The minimum Gasteiger partial charge on any atom is -0.381 e. The summed E-state index contributed by atoms with van der Waals surface area (Å²) in [6.07, 6.45) is 3.07. The maximum absolute atomic E-state index is 5.82. The minimum atomic E-state index is 0.324. The number of hydrogen-bond acceptors (Lipinski definition) is 7. The summed E-state index contributed by atoms with van der Waals surface area (Å²) >= 11 is 1.72. The molecule has 6 nitrogen and oxygen atoms in total. The Bertz CT molecular complexity index is 624. The Balaban J connectivity index is 1.54. The van der Waals surface area contributed by atoms with Crippen molar-refractivity contribution in [2.75, 3.05) is 30.8 Å². The summed E-state index contributed by atoms with van der Waals surface area (Å²) < 4.78 is 5.42. The van der Waals surface area contributed by atoms with Crippen LogP contribution in [0.1, 0.15) is 35.0 Å². The molecule has 3 rings (SSSR count). The summed E-state index contributed by atoms with van der Waals surface area (Å²) in [6, 6.07) is 1.99. The first-order valence-electron chi connectivity index (χ1n) is 7.57. The number of nitrogens with one attached hydrogen (secondary N) is 1. The maximum Gasteiger partial charge on any atom is 0.222 e. The van der Waals surface area contributed by atoms with E-state index in [0.717, 1.165) is 56.2 Å². The van der Waals surface area contributed by atoms with Crippen LogP contribution in [0.2, 0.25) is 0 Å². The van der Waals surface area contributed by atoms with E-state index in [1.807, 2.05) is 11.6 Å². The summed E-state index contributed by atoms with van der Waals surface area (Å²) in [4.78, 5) is 14.2. The molecule has 1 fully saturated rings. The number of hydrogen-bond donors (Lipinski definition) is 2. The molecule has 0 bridgehead atoms. The SMILES string of the molecule is Cc1ncsc1CCCNc1cc(C2CCOC2)nc(N)n1. The fourth-order valence-electron chi connectivity index (χ4n) is 2.58. The van der Waals surface area contributed by atoms with Gasteiger partial charge in [-0.3, -0.25) is 0 Å². The van der Waals surface area contributed by atoms with Gasteiger partial charge in [0.25, 0.3) is 0 Å².